The Morgan fingerprint density at radius 1 is 1.37 bits per heavy atom. The first-order valence-electron chi connectivity index (χ1n) is 5.66. The van der Waals surface area contributed by atoms with Gasteiger partial charge in [-0.05, 0) is 24.1 Å². The van der Waals surface area contributed by atoms with Gasteiger partial charge in [-0.3, -0.25) is 14.6 Å². The summed E-state index contributed by atoms with van der Waals surface area (Å²) in [6.45, 7) is 0. The first kappa shape index (κ1) is 13.2. The van der Waals surface area contributed by atoms with Crippen LogP contribution in [0.3, 0.4) is 0 Å². The molecule has 0 bridgehead atoms. The molecular weight excluding hydrogens is 264 g/mol. The number of hydrogen-bond donors (Lipinski definition) is 2. The molecule has 1 amide bonds. The van der Waals surface area contributed by atoms with Crippen LogP contribution >= 0.6 is 11.3 Å². The van der Waals surface area contributed by atoms with Crippen molar-refractivity contribution in [1.82, 2.24) is 4.98 Å². The number of rotatable bonds is 5. The smallest absolute Gasteiger partial charge is 0.303 e. The molecule has 5 nitrogen and oxygen atoms in total. The van der Waals surface area contributed by atoms with E-state index < -0.39 is 5.97 Å². The Kier molecular flexibility index (Phi) is 4.25. The summed E-state index contributed by atoms with van der Waals surface area (Å²) in [4.78, 5) is 26.7. The molecule has 0 aliphatic carbocycles. The average Bonchev–Trinajstić information content (AvgIpc) is 2.91. The van der Waals surface area contributed by atoms with E-state index in [1.807, 2.05) is 6.07 Å². The number of aromatic nitrogens is 1. The van der Waals surface area contributed by atoms with Gasteiger partial charge in [0.25, 0.3) is 5.91 Å². The molecule has 0 aliphatic rings. The second-order valence-corrected chi connectivity index (χ2v) is 4.80. The fraction of sp³-hybridized carbons (Fsp3) is 0.154. The van der Waals surface area contributed by atoms with E-state index in [9.17, 15) is 9.59 Å². The second-order valence-electron chi connectivity index (χ2n) is 3.91. The number of thiazole rings is 1. The van der Waals surface area contributed by atoms with Crippen LogP contribution in [0.4, 0.5) is 5.69 Å². The summed E-state index contributed by atoms with van der Waals surface area (Å²) in [5.74, 6) is -1.04. The van der Waals surface area contributed by atoms with Crippen molar-refractivity contribution in [3.8, 4) is 0 Å². The number of carbonyl (C=O) groups excluding carboxylic acids is 1. The largest absolute Gasteiger partial charge is 0.481 e. The highest BCUT2D eigenvalue weighted by Crippen LogP contribution is 2.15. The van der Waals surface area contributed by atoms with E-state index in [0.717, 1.165) is 5.56 Å². The van der Waals surface area contributed by atoms with Crippen molar-refractivity contribution < 1.29 is 14.7 Å². The number of hydrogen-bond acceptors (Lipinski definition) is 4. The summed E-state index contributed by atoms with van der Waals surface area (Å²) in [5, 5.41) is 11.4. The molecule has 0 unspecified atom stereocenters. The predicted molar refractivity (Wildman–Crippen MR) is 72.5 cm³/mol. The van der Waals surface area contributed by atoms with Gasteiger partial charge < -0.3 is 10.4 Å². The van der Waals surface area contributed by atoms with Crippen LogP contribution in [0.15, 0.2) is 36.0 Å². The predicted octanol–water partition coefficient (Wildman–Crippen LogP) is 2.41. The lowest BCUT2D eigenvalue weighted by molar-refractivity contribution is -0.136. The lowest BCUT2D eigenvalue weighted by atomic mass is 10.1. The van der Waals surface area contributed by atoms with Crippen molar-refractivity contribution in [3.63, 3.8) is 0 Å². The molecule has 1 aromatic heterocycles. The van der Waals surface area contributed by atoms with Crippen molar-refractivity contribution in [3.05, 3.63) is 46.4 Å². The van der Waals surface area contributed by atoms with Crippen LogP contribution in [0.25, 0.3) is 0 Å². The molecule has 0 fully saturated rings. The molecule has 1 aromatic carbocycles. The van der Waals surface area contributed by atoms with Gasteiger partial charge in [-0.25, -0.2) is 0 Å². The molecule has 1 heterocycles. The van der Waals surface area contributed by atoms with Crippen LogP contribution in [-0.2, 0) is 11.2 Å². The van der Waals surface area contributed by atoms with Crippen molar-refractivity contribution in [2.75, 3.05) is 5.32 Å². The van der Waals surface area contributed by atoms with Gasteiger partial charge in [0, 0.05) is 12.1 Å². The summed E-state index contributed by atoms with van der Waals surface area (Å²) in [5.41, 5.74) is 3.13. The van der Waals surface area contributed by atoms with E-state index >= 15 is 0 Å². The number of nitrogens with zero attached hydrogens (tertiary/aromatic N) is 1. The first-order chi connectivity index (χ1) is 9.15. The standard InChI is InChI=1S/C13H12N2O3S/c16-12(17)5-4-9-2-1-3-10(6-9)15-13(18)11-7-14-8-19-11/h1-3,6-8H,4-5H2,(H,15,18)(H,16,17). The van der Waals surface area contributed by atoms with E-state index in [-0.39, 0.29) is 12.3 Å². The van der Waals surface area contributed by atoms with Gasteiger partial charge in [-0.2, -0.15) is 0 Å². The van der Waals surface area contributed by atoms with Gasteiger partial charge in [0.05, 0.1) is 11.7 Å². The Hall–Kier alpha value is -2.21. The van der Waals surface area contributed by atoms with Gasteiger partial charge in [-0.15, -0.1) is 11.3 Å². The van der Waals surface area contributed by atoms with Gasteiger partial charge in [0.2, 0.25) is 0 Å². The molecule has 19 heavy (non-hydrogen) atoms. The fourth-order valence-electron chi connectivity index (χ4n) is 1.58. The van der Waals surface area contributed by atoms with Gasteiger partial charge in [0.15, 0.2) is 0 Å². The maximum Gasteiger partial charge on any atom is 0.303 e. The summed E-state index contributed by atoms with van der Waals surface area (Å²) < 4.78 is 0. The van der Waals surface area contributed by atoms with Crippen LogP contribution in [0.1, 0.15) is 21.7 Å². The zero-order chi connectivity index (χ0) is 13.7. The Labute approximate surface area is 113 Å². The zero-order valence-corrected chi connectivity index (χ0v) is 10.8. The Balaban J connectivity index is 2.02. The van der Waals surface area contributed by atoms with Crippen LogP contribution < -0.4 is 5.32 Å². The Bertz CT molecular complexity index is 581. The number of aliphatic carboxylic acids is 1. The Morgan fingerprint density at radius 2 is 2.21 bits per heavy atom. The van der Waals surface area contributed by atoms with Crippen LogP contribution in [0, 0.1) is 0 Å². The number of carboxylic acid groups (broad SMARTS) is 1. The summed E-state index contributed by atoms with van der Waals surface area (Å²) >= 11 is 1.27. The molecule has 2 aromatic rings. The lowest BCUT2D eigenvalue weighted by Gasteiger charge is -2.05. The molecule has 0 atom stereocenters. The molecule has 0 aliphatic heterocycles. The highest BCUT2D eigenvalue weighted by atomic mass is 32.1. The zero-order valence-electron chi connectivity index (χ0n) is 10.00. The molecule has 6 heteroatoms. The fourth-order valence-corrected chi connectivity index (χ4v) is 2.09. The summed E-state index contributed by atoms with van der Waals surface area (Å²) in [6, 6.07) is 7.18. The number of carboxylic acids is 1. The second kappa shape index (κ2) is 6.10. The van der Waals surface area contributed by atoms with Crippen LogP contribution in [0.5, 0.6) is 0 Å². The minimum atomic E-state index is -0.834. The Morgan fingerprint density at radius 3 is 2.89 bits per heavy atom. The number of benzene rings is 1. The third-order valence-electron chi connectivity index (χ3n) is 2.47. The summed E-state index contributed by atoms with van der Waals surface area (Å²) in [7, 11) is 0. The first-order valence-corrected chi connectivity index (χ1v) is 6.53. The number of carbonyl (C=O) groups is 2. The number of aryl methyl sites for hydroxylation is 1. The van der Waals surface area contributed by atoms with E-state index in [4.69, 9.17) is 5.11 Å². The quantitative estimate of drug-likeness (QED) is 0.879. The molecule has 2 rings (SSSR count). The molecule has 98 valence electrons. The van der Waals surface area contributed by atoms with Crippen LogP contribution in [0.2, 0.25) is 0 Å². The van der Waals surface area contributed by atoms with Gasteiger partial charge in [-0.1, -0.05) is 12.1 Å². The van der Waals surface area contributed by atoms with E-state index in [1.165, 1.54) is 17.5 Å². The van der Waals surface area contributed by atoms with Gasteiger partial charge >= 0.3 is 5.97 Å². The molecule has 0 saturated carbocycles. The van der Waals surface area contributed by atoms with Crippen molar-refractivity contribution in [2.24, 2.45) is 0 Å². The van der Waals surface area contributed by atoms with Crippen molar-refractivity contribution in [2.45, 2.75) is 12.8 Å². The molecule has 0 radical (unpaired) electrons. The number of anilines is 1. The number of amides is 1. The average molecular weight is 276 g/mol. The highest BCUT2D eigenvalue weighted by molar-refractivity contribution is 7.11. The topological polar surface area (TPSA) is 79.3 Å². The normalized spacial score (nSPS) is 10.1. The third kappa shape index (κ3) is 3.89. The minimum Gasteiger partial charge on any atom is -0.481 e. The maximum atomic E-state index is 11.8. The monoisotopic (exact) mass is 276 g/mol. The summed E-state index contributed by atoms with van der Waals surface area (Å²) in [6.07, 6.45) is 2.03. The van der Waals surface area contributed by atoms with Crippen LogP contribution in [-0.4, -0.2) is 22.0 Å². The van der Waals surface area contributed by atoms with E-state index in [2.05, 4.69) is 10.3 Å². The molecular formula is C13H12N2O3S. The maximum absolute atomic E-state index is 11.8. The number of nitrogens with one attached hydrogen (secondary N) is 1. The molecule has 0 spiro atoms. The lowest BCUT2D eigenvalue weighted by Crippen LogP contribution is -2.10. The minimum absolute atomic E-state index is 0.0756. The molecule has 0 saturated heterocycles. The SMILES string of the molecule is O=C(O)CCc1cccc(NC(=O)c2cncs2)c1. The molecule has 2 N–H and O–H groups in total. The van der Waals surface area contributed by atoms with Crippen molar-refractivity contribution in [1.29, 1.82) is 0 Å². The van der Waals surface area contributed by atoms with E-state index in [1.54, 1.807) is 23.7 Å². The third-order valence-corrected chi connectivity index (χ3v) is 3.24. The van der Waals surface area contributed by atoms with Crippen molar-refractivity contribution >= 4 is 28.9 Å². The van der Waals surface area contributed by atoms with E-state index in [0.29, 0.717) is 17.0 Å². The highest BCUT2D eigenvalue weighted by Gasteiger charge is 2.08. The van der Waals surface area contributed by atoms with Gasteiger partial charge in [0.1, 0.15) is 4.88 Å².